The van der Waals surface area contributed by atoms with Crippen LogP contribution < -0.4 is 4.74 Å². The largest absolute Gasteiger partial charge is 0.573 e. The second-order valence-electron chi connectivity index (χ2n) is 4.26. The third-order valence-corrected chi connectivity index (χ3v) is 3.06. The second-order valence-corrected chi connectivity index (χ2v) is 4.26. The first-order chi connectivity index (χ1) is 8.46. The first kappa shape index (κ1) is 11.1. The summed E-state index contributed by atoms with van der Waals surface area (Å²) in [5.74, 6) is -0.135. The number of rotatable bonds is 1. The number of hydrogen-bond acceptors (Lipinski definition) is 1. The normalized spacial score (nSPS) is 12.4. The lowest BCUT2D eigenvalue weighted by Crippen LogP contribution is -2.17. The van der Waals surface area contributed by atoms with Crippen LogP contribution in [0.15, 0.2) is 36.4 Å². The fourth-order valence-corrected chi connectivity index (χ4v) is 2.37. The lowest BCUT2D eigenvalue weighted by atomic mass is 9.95. The smallest absolute Gasteiger partial charge is 0.405 e. The Morgan fingerprint density at radius 3 is 2.44 bits per heavy atom. The van der Waals surface area contributed by atoms with Crippen LogP contribution in [0.2, 0.25) is 0 Å². The monoisotopic (exact) mass is 250 g/mol. The molecule has 0 saturated carbocycles. The van der Waals surface area contributed by atoms with E-state index in [0.29, 0.717) is 5.39 Å². The van der Waals surface area contributed by atoms with Gasteiger partial charge < -0.3 is 4.74 Å². The zero-order chi connectivity index (χ0) is 12.9. The van der Waals surface area contributed by atoms with E-state index in [4.69, 9.17) is 0 Å². The van der Waals surface area contributed by atoms with Crippen molar-refractivity contribution in [3.05, 3.63) is 42.0 Å². The summed E-state index contributed by atoms with van der Waals surface area (Å²) in [6, 6.07) is 10.4. The molecule has 2 bridgehead atoms. The van der Waals surface area contributed by atoms with Crippen molar-refractivity contribution in [1.82, 2.24) is 0 Å². The summed E-state index contributed by atoms with van der Waals surface area (Å²) in [7, 11) is 0. The molecule has 0 spiro atoms. The van der Waals surface area contributed by atoms with Crippen LogP contribution in [0.4, 0.5) is 13.2 Å². The Labute approximate surface area is 101 Å². The predicted octanol–water partition coefficient (Wildman–Crippen LogP) is 4.64. The summed E-state index contributed by atoms with van der Waals surface area (Å²) in [6.45, 7) is 1.88. The van der Waals surface area contributed by atoms with E-state index in [0.717, 1.165) is 21.7 Å². The Morgan fingerprint density at radius 1 is 1.00 bits per heavy atom. The Morgan fingerprint density at radius 2 is 1.78 bits per heavy atom. The van der Waals surface area contributed by atoms with Crippen LogP contribution in [0, 0.1) is 6.92 Å². The summed E-state index contributed by atoms with van der Waals surface area (Å²) in [5, 5.41) is 3.04. The van der Waals surface area contributed by atoms with Crippen molar-refractivity contribution in [2.45, 2.75) is 13.3 Å². The molecule has 4 heteroatoms. The Hall–Kier alpha value is -1.97. The van der Waals surface area contributed by atoms with E-state index in [1.54, 1.807) is 12.1 Å². The van der Waals surface area contributed by atoms with Crippen LogP contribution in [0.1, 0.15) is 5.56 Å². The highest BCUT2D eigenvalue weighted by Crippen LogP contribution is 2.38. The molecule has 0 heterocycles. The molecule has 0 aliphatic rings. The minimum absolute atomic E-state index is 0.135. The number of benzene rings is 4. The molecule has 0 aliphatic carbocycles. The van der Waals surface area contributed by atoms with Gasteiger partial charge in [-0.15, -0.1) is 13.2 Å². The molecule has 0 fully saturated rings. The molecule has 4 aromatic rings. The average Bonchev–Trinajstić information content (AvgIpc) is 2.28. The molecule has 0 aliphatic heterocycles. The summed E-state index contributed by atoms with van der Waals surface area (Å²) < 4.78 is 41.2. The third-order valence-electron chi connectivity index (χ3n) is 3.06. The van der Waals surface area contributed by atoms with E-state index in [9.17, 15) is 13.2 Å². The molecule has 4 rings (SSSR count). The van der Waals surface area contributed by atoms with Crippen LogP contribution in [0.3, 0.4) is 0 Å². The Bertz CT molecular complexity index is 716. The Kier molecular flexibility index (Phi) is 2.17. The zero-order valence-corrected chi connectivity index (χ0v) is 9.51. The van der Waals surface area contributed by atoms with Gasteiger partial charge in [0.05, 0.1) is 0 Å². The summed E-state index contributed by atoms with van der Waals surface area (Å²) in [5.41, 5.74) is 0.957. The molecule has 0 unspecified atom stereocenters. The van der Waals surface area contributed by atoms with Gasteiger partial charge in [0.2, 0.25) is 0 Å². The maximum atomic E-state index is 12.4. The van der Waals surface area contributed by atoms with Crippen molar-refractivity contribution < 1.29 is 17.9 Å². The van der Waals surface area contributed by atoms with Crippen LogP contribution in [0.25, 0.3) is 21.5 Å². The molecular weight excluding hydrogens is 241 g/mol. The van der Waals surface area contributed by atoms with Gasteiger partial charge >= 0.3 is 6.36 Å². The van der Waals surface area contributed by atoms with E-state index in [1.165, 1.54) is 6.07 Å². The van der Waals surface area contributed by atoms with E-state index in [1.807, 2.05) is 25.1 Å². The molecule has 18 heavy (non-hydrogen) atoms. The van der Waals surface area contributed by atoms with Crippen molar-refractivity contribution >= 4 is 21.5 Å². The summed E-state index contributed by atoms with van der Waals surface area (Å²) in [6.07, 6.45) is -4.67. The van der Waals surface area contributed by atoms with Gasteiger partial charge in [-0.25, -0.2) is 0 Å². The maximum absolute atomic E-state index is 12.4. The molecule has 0 atom stereocenters. The molecule has 0 amide bonds. The third kappa shape index (κ3) is 1.65. The van der Waals surface area contributed by atoms with Crippen LogP contribution in [0.5, 0.6) is 5.75 Å². The van der Waals surface area contributed by atoms with Crippen molar-refractivity contribution in [1.29, 1.82) is 0 Å². The van der Waals surface area contributed by atoms with Crippen LogP contribution in [-0.2, 0) is 0 Å². The van der Waals surface area contributed by atoms with Crippen molar-refractivity contribution in [3.63, 3.8) is 0 Å². The lowest BCUT2D eigenvalue weighted by Gasteiger charge is -2.15. The SMILES string of the molecule is Cc1cc2ccc1c1c(OC(F)(F)F)cccc21. The topological polar surface area (TPSA) is 9.23 Å². The highest BCUT2D eigenvalue weighted by Gasteiger charge is 2.32. The van der Waals surface area contributed by atoms with Gasteiger partial charge in [0.25, 0.3) is 0 Å². The number of ether oxygens (including phenoxy) is 1. The van der Waals surface area contributed by atoms with Gasteiger partial charge in [-0.05, 0) is 34.7 Å². The van der Waals surface area contributed by atoms with Crippen molar-refractivity contribution in [2.24, 2.45) is 0 Å². The first-order valence-electron chi connectivity index (χ1n) is 5.46. The first-order valence-corrected chi connectivity index (χ1v) is 5.46. The highest BCUT2D eigenvalue weighted by atomic mass is 19.4. The Balaban J connectivity index is 2.35. The van der Waals surface area contributed by atoms with Gasteiger partial charge in [-0.2, -0.15) is 0 Å². The molecule has 92 valence electrons. The highest BCUT2D eigenvalue weighted by molar-refractivity contribution is 6.13. The number of fused-ring (bicyclic) bond motifs is 2. The fraction of sp³-hybridized carbons (Fsp3) is 0.143. The average molecular weight is 250 g/mol. The zero-order valence-electron chi connectivity index (χ0n) is 9.51. The quantitative estimate of drug-likeness (QED) is 0.611. The minimum Gasteiger partial charge on any atom is -0.405 e. The number of halogens is 3. The van der Waals surface area contributed by atoms with Crippen LogP contribution in [-0.4, -0.2) is 6.36 Å². The van der Waals surface area contributed by atoms with Gasteiger partial charge in [-0.3, -0.25) is 0 Å². The van der Waals surface area contributed by atoms with Crippen molar-refractivity contribution in [2.75, 3.05) is 0 Å². The summed E-state index contributed by atoms with van der Waals surface area (Å²) >= 11 is 0. The van der Waals surface area contributed by atoms with Gasteiger partial charge in [0.1, 0.15) is 5.75 Å². The van der Waals surface area contributed by atoms with E-state index in [2.05, 4.69) is 4.74 Å². The van der Waals surface area contributed by atoms with E-state index >= 15 is 0 Å². The molecular formula is C14H9F3O. The second kappa shape index (κ2) is 3.51. The summed E-state index contributed by atoms with van der Waals surface area (Å²) in [4.78, 5) is 0. The molecule has 0 N–H and O–H groups in total. The number of hydrogen-bond donors (Lipinski definition) is 0. The number of aryl methyl sites for hydroxylation is 1. The minimum atomic E-state index is -4.67. The maximum Gasteiger partial charge on any atom is 0.573 e. The van der Waals surface area contributed by atoms with Gasteiger partial charge in [-0.1, -0.05) is 30.3 Å². The van der Waals surface area contributed by atoms with Crippen LogP contribution >= 0.6 is 0 Å². The van der Waals surface area contributed by atoms with Gasteiger partial charge in [0.15, 0.2) is 0 Å². The lowest BCUT2D eigenvalue weighted by molar-refractivity contribution is -0.274. The van der Waals surface area contributed by atoms with E-state index in [-0.39, 0.29) is 5.75 Å². The predicted molar refractivity (Wildman–Crippen MR) is 64.1 cm³/mol. The molecule has 0 aromatic heterocycles. The fourth-order valence-electron chi connectivity index (χ4n) is 2.37. The van der Waals surface area contributed by atoms with E-state index < -0.39 is 6.36 Å². The van der Waals surface area contributed by atoms with Crippen molar-refractivity contribution in [3.8, 4) is 5.75 Å². The molecule has 0 saturated heterocycles. The van der Waals surface area contributed by atoms with Gasteiger partial charge in [0, 0.05) is 5.39 Å². The number of alkyl halides is 3. The molecule has 4 aromatic carbocycles. The standard InChI is InChI=1S/C14H9F3O/c1-8-7-9-5-6-10(8)13-11(9)3-2-4-12(13)18-14(15,16)17/h2-7H,1H3. The molecule has 1 nitrogen and oxygen atoms in total. The molecule has 0 radical (unpaired) electrons.